The average Bonchev–Trinajstić information content (AvgIpc) is 2.90. The maximum atomic E-state index is 12.6. The van der Waals surface area contributed by atoms with Crippen molar-refractivity contribution >= 4 is 34.1 Å². The largest absolute Gasteiger partial charge is 0.379 e. The number of rotatable bonds is 7. The van der Waals surface area contributed by atoms with Crippen LogP contribution in [0.4, 0.5) is 17.5 Å². The molecule has 0 saturated carbocycles. The van der Waals surface area contributed by atoms with Crippen molar-refractivity contribution in [2.24, 2.45) is 5.92 Å². The molecule has 34 heavy (non-hydrogen) atoms. The van der Waals surface area contributed by atoms with E-state index in [2.05, 4.69) is 41.7 Å². The van der Waals surface area contributed by atoms with Crippen LogP contribution in [0.3, 0.4) is 0 Å². The van der Waals surface area contributed by atoms with Crippen LogP contribution in [0.5, 0.6) is 0 Å². The molecule has 4 heterocycles. The molecule has 0 unspecified atom stereocenters. The van der Waals surface area contributed by atoms with Crippen LogP contribution < -0.4 is 15.5 Å². The number of fused-ring (bicyclic) bond motifs is 1. The summed E-state index contributed by atoms with van der Waals surface area (Å²) in [6.45, 7) is 6.65. The molecule has 5 rings (SSSR count). The van der Waals surface area contributed by atoms with E-state index in [0.29, 0.717) is 12.4 Å². The van der Waals surface area contributed by atoms with Crippen molar-refractivity contribution in [3.63, 3.8) is 0 Å². The topological polar surface area (TPSA) is 95.5 Å². The normalized spacial score (nSPS) is 17.6. The lowest BCUT2D eigenvalue weighted by Gasteiger charge is -2.32. The highest BCUT2D eigenvalue weighted by Gasteiger charge is 2.25. The second-order valence-electron chi connectivity index (χ2n) is 8.79. The SMILES string of the molecule is O=C(NCCN1CCOCC1)C1CCN(c2ccc(Nc3nccc4ccccc34)nn2)CC1. The summed E-state index contributed by atoms with van der Waals surface area (Å²) < 4.78 is 5.37. The second kappa shape index (κ2) is 10.8. The van der Waals surface area contributed by atoms with E-state index in [1.54, 1.807) is 6.20 Å². The number of morpholine rings is 1. The Kier molecular flexibility index (Phi) is 7.11. The van der Waals surface area contributed by atoms with Gasteiger partial charge in [-0.3, -0.25) is 9.69 Å². The summed E-state index contributed by atoms with van der Waals surface area (Å²) in [7, 11) is 0. The molecule has 0 radical (unpaired) electrons. The molecule has 1 aromatic carbocycles. The average molecular weight is 462 g/mol. The lowest BCUT2D eigenvalue weighted by Crippen LogP contribution is -2.44. The van der Waals surface area contributed by atoms with E-state index in [4.69, 9.17) is 4.74 Å². The number of aromatic nitrogens is 3. The standard InChI is InChI=1S/C25H31N7O2/c33-25(27-11-14-31-15-17-34-18-16-31)20-8-12-32(13-9-20)23-6-5-22(29-30-23)28-24-21-4-2-1-3-19(21)7-10-26-24/h1-7,10,20H,8-9,11-18H2,(H,27,33)(H,26,28,29). The third-order valence-corrected chi connectivity index (χ3v) is 6.59. The van der Waals surface area contributed by atoms with Crippen LogP contribution in [0.25, 0.3) is 10.8 Å². The fourth-order valence-corrected chi connectivity index (χ4v) is 4.58. The van der Waals surface area contributed by atoms with E-state index < -0.39 is 0 Å². The van der Waals surface area contributed by atoms with Gasteiger partial charge in [-0.15, -0.1) is 10.2 Å². The fourth-order valence-electron chi connectivity index (χ4n) is 4.58. The third-order valence-electron chi connectivity index (χ3n) is 6.59. The van der Waals surface area contributed by atoms with Gasteiger partial charge < -0.3 is 20.3 Å². The number of hydrogen-bond donors (Lipinski definition) is 2. The molecule has 9 heteroatoms. The Morgan fingerprint density at radius 3 is 2.62 bits per heavy atom. The molecule has 2 N–H and O–H groups in total. The maximum absolute atomic E-state index is 12.6. The molecule has 0 spiro atoms. The highest BCUT2D eigenvalue weighted by atomic mass is 16.5. The maximum Gasteiger partial charge on any atom is 0.223 e. The zero-order valence-corrected chi connectivity index (χ0v) is 19.3. The molecule has 2 fully saturated rings. The summed E-state index contributed by atoms with van der Waals surface area (Å²) in [4.78, 5) is 21.6. The van der Waals surface area contributed by atoms with E-state index in [-0.39, 0.29) is 11.8 Å². The second-order valence-corrected chi connectivity index (χ2v) is 8.79. The van der Waals surface area contributed by atoms with Crippen molar-refractivity contribution in [1.29, 1.82) is 0 Å². The van der Waals surface area contributed by atoms with Gasteiger partial charge >= 0.3 is 0 Å². The first-order chi connectivity index (χ1) is 16.8. The fraction of sp³-hybridized carbons (Fsp3) is 0.440. The van der Waals surface area contributed by atoms with Crippen LogP contribution >= 0.6 is 0 Å². The Morgan fingerprint density at radius 2 is 1.82 bits per heavy atom. The summed E-state index contributed by atoms with van der Waals surface area (Å²) in [6, 6.07) is 14.0. The lowest BCUT2D eigenvalue weighted by molar-refractivity contribution is -0.125. The van der Waals surface area contributed by atoms with Crippen LogP contribution in [0, 0.1) is 5.92 Å². The van der Waals surface area contributed by atoms with E-state index in [9.17, 15) is 4.79 Å². The monoisotopic (exact) mass is 461 g/mol. The molecule has 2 aliphatic heterocycles. The first kappa shape index (κ1) is 22.5. The molecule has 2 aromatic heterocycles. The van der Waals surface area contributed by atoms with E-state index in [1.165, 1.54) is 0 Å². The number of hydrogen-bond acceptors (Lipinski definition) is 8. The number of piperidine rings is 1. The predicted molar refractivity (Wildman–Crippen MR) is 132 cm³/mol. The van der Waals surface area contributed by atoms with Gasteiger partial charge in [0, 0.05) is 56.8 Å². The smallest absolute Gasteiger partial charge is 0.223 e. The van der Waals surface area contributed by atoms with Gasteiger partial charge in [0.15, 0.2) is 11.6 Å². The first-order valence-electron chi connectivity index (χ1n) is 12.0. The number of carbonyl (C=O) groups is 1. The minimum Gasteiger partial charge on any atom is -0.379 e. The van der Waals surface area contributed by atoms with Crippen LogP contribution in [-0.4, -0.2) is 78.5 Å². The summed E-state index contributed by atoms with van der Waals surface area (Å²) in [6.07, 6.45) is 3.44. The van der Waals surface area contributed by atoms with Crippen LogP contribution in [-0.2, 0) is 9.53 Å². The molecule has 0 bridgehead atoms. The molecule has 2 saturated heterocycles. The molecule has 178 valence electrons. The Labute approximate surface area is 199 Å². The number of nitrogens with one attached hydrogen (secondary N) is 2. The summed E-state index contributed by atoms with van der Waals surface area (Å²) >= 11 is 0. The Balaban J connectivity index is 1.10. The van der Waals surface area contributed by atoms with Crippen molar-refractivity contribution in [3.8, 4) is 0 Å². The number of anilines is 3. The lowest BCUT2D eigenvalue weighted by atomic mass is 9.96. The van der Waals surface area contributed by atoms with E-state index >= 15 is 0 Å². The molecule has 0 atom stereocenters. The van der Waals surface area contributed by atoms with Crippen LogP contribution in [0.2, 0.25) is 0 Å². The number of benzene rings is 1. The van der Waals surface area contributed by atoms with E-state index in [1.807, 2.05) is 36.4 Å². The molecule has 1 amide bonds. The third kappa shape index (κ3) is 5.43. The molecule has 0 aliphatic carbocycles. The Hall–Kier alpha value is -3.30. The molecule has 2 aliphatic rings. The quantitative estimate of drug-likeness (QED) is 0.554. The number of nitrogens with zero attached hydrogens (tertiary/aromatic N) is 5. The summed E-state index contributed by atoms with van der Waals surface area (Å²) in [5.74, 6) is 2.48. The molecular formula is C25H31N7O2. The minimum atomic E-state index is 0.0623. The van der Waals surface area contributed by atoms with Gasteiger partial charge in [-0.25, -0.2) is 4.98 Å². The van der Waals surface area contributed by atoms with Crippen molar-refractivity contribution in [1.82, 2.24) is 25.4 Å². The van der Waals surface area contributed by atoms with Gasteiger partial charge in [-0.2, -0.15) is 0 Å². The number of pyridine rings is 1. The van der Waals surface area contributed by atoms with Gasteiger partial charge in [-0.05, 0) is 36.4 Å². The molecule has 9 nitrogen and oxygen atoms in total. The van der Waals surface area contributed by atoms with Gasteiger partial charge in [-0.1, -0.05) is 24.3 Å². The van der Waals surface area contributed by atoms with Crippen LogP contribution in [0.1, 0.15) is 12.8 Å². The zero-order valence-electron chi connectivity index (χ0n) is 19.3. The number of ether oxygens (including phenoxy) is 1. The van der Waals surface area contributed by atoms with Gasteiger partial charge in [0.05, 0.1) is 13.2 Å². The molecule has 3 aromatic rings. The first-order valence-corrected chi connectivity index (χ1v) is 12.0. The van der Waals surface area contributed by atoms with Crippen molar-refractivity contribution in [2.45, 2.75) is 12.8 Å². The van der Waals surface area contributed by atoms with Gasteiger partial charge in [0.25, 0.3) is 0 Å². The predicted octanol–water partition coefficient (Wildman–Crippen LogP) is 2.43. The van der Waals surface area contributed by atoms with Crippen molar-refractivity contribution < 1.29 is 9.53 Å². The van der Waals surface area contributed by atoms with Gasteiger partial charge in [0.2, 0.25) is 5.91 Å². The highest BCUT2D eigenvalue weighted by molar-refractivity contribution is 5.92. The summed E-state index contributed by atoms with van der Waals surface area (Å²) in [5.41, 5.74) is 0. The Bertz CT molecular complexity index is 1090. The number of carbonyl (C=O) groups excluding carboxylic acids is 1. The Morgan fingerprint density at radius 1 is 1.00 bits per heavy atom. The highest BCUT2D eigenvalue weighted by Crippen LogP contribution is 2.25. The van der Waals surface area contributed by atoms with Crippen molar-refractivity contribution in [3.05, 3.63) is 48.7 Å². The zero-order chi connectivity index (χ0) is 23.2. The van der Waals surface area contributed by atoms with Crippen LogP contribution in [0.15, 0.2) is 48.7 Å². The minimum absolute atomic E-state index is 0.0623. The van der Waals surface area contributed by atoms with Gasteiger partial charge in [0.1, 0.15) is 5.82 Å². The summed E-state index contributed by atoms with van der Waals surface area (Å²) in [5, 5.41) is 17.3. The molecular weight excluding hydrogens is 430 g/mol. The number of amides is 1. The van der Waals surface area contributed by atoms with Crippen molar-refractivity contribution in [2.75, 3.05) is 62.7 Å². The van der Waals surface area contributed by atoms with E-state index in [0.717, 1.165) is 81.2 Å².